The molecule has 84 valence electrons. The van der Waals surface area contributed by atoms with Crippen LogP contribution in [0.15, 0.2) is 0 Å². The van der Waals surface area contributed by atoms with E-state index in [0.29, 0.717) is 13.1 Å². The first-order valence-electron chi connectivity index (χ1n) is 5.25. The lowest BCUT2D eigenvalue weighted by atomic mass is 9.99. The van der Waals surface area contributed by atoms with E-state index < -0.39 is 17.4 Å². The molecular weight excluding hydrogens is 196 g/mol. The van der Waals surface area contributed by atoms with Gasteiger partial charge in [0, 0.05) is 13.1 Å². The molecule has 0 radical (unpaired) electrons. The maximum Gasteiger partial charge on any atom is 0.308 e. The van der Waals surface area contributed by atoms with Crippen LogP contribution in [0.1, 0.15) is 19.8 Å². The fraction of sp³-hybridized carbons (Fsp3) is 0.800. The molecule has 5 heteroatoms. The minimum atomic E-state index is -0.820. The van der Waals surface area contributed by atoms with Crippen molar-refractivity contribution < 1.29 is 14.7 Å². The highest BCUT2D eigenvalue weighted by Crippen LogP contribution is 2.36. The number of nitrogens with two attached hydrogens (primary N) is 1. The Morgan fingerprint density at radius 1 is 1.40 bits per heavy atom. The maximum atomic E-state index is 11.9. The normalized spacial score (nSPS) is 32.8. The summed E-state index contributed by atoms with van der Waals surface area (Å²) in [5.74, 6) is -1.30. The van der Waals surface area contributed by atoms with Crippen LogP contribution in [0.25, 0.3) is 0 Å². The first kappa shape index (κ1) is 10.4. The third kappa shape index (κ3) is 1.71. The average molecular weight is 212 g/mol. The average Bonchev–Trinajstić information content (AvgIpc) is 2.77. The van der Waals surface area contributed by atoms with Crippen molar-refractivity contribution in [1.29, 1.82) is 0 Å². The van der Waals surface area contributed by atoms with Gasteiger partial charge in [0.25, 0.3) is 0 Å². The Morgan fingerprint density at radius 3 is 2.40 bits per heavy atom. The van der Waals surface area contributed by atoms with Crippen LogP contribution in [-0.4, -0.2) is 40.5 Å². The Bertz CT molecular complexity index is 312. The van der Waals surface area contributed by atoms with Crippen molar-refractivity contribution in [1.82, 2.24) is 4.90 Å². The van der Waals surface area contributed by atoms with Crippen molar-refractivity contribution in [3.63, 3.8) is 0 Å². The number of aliphatic carboxylic acids is 1. The second kappa shape index (κ2) is 3.20. The van der Waals surface area contributed by atoms with Crippen LogP contribution in [0.5, 0.6) is 0 Å². The molecular formula is C10H16N2O3. The molecule has 1 heterocycles. The summed E-state index contributed by atoms with van der Waals surface area (Å²) in [5, 5.41) is 8.93. The van der Waals surface area contributed by atoms with E-state index in [9.17, 15) is 9.59 Å². The van der Waals surface area contributed by atoms with Gasteiger partial charge in [-0.3, -0.25) is 9.59 Å². The zero-order valence-corrected chi connectivity index (χ0v) is 8.77. The fourth-order valence-corrected chi connectivity index (χ4v) is 2.12. The SMILES string of the molecule is CC1CN(C(=O)C2(N)CC2)CC1C(=O)O. The largest absolute Gasteiger partial charge is 0.481 e. The predicted octanol–water partition coefficient (Wildman–Crippen LogP) is -0.343. The van der Waals surface area contributed by atoms with Crippen molar-refractivity contribution in [3.8, 4) is 0 Å². The van der Waals surface area contributed by atoms with E-state index in [1.807, 2.05) is 6.92 Å². The van der Waals surface area contributed by atoms with Gasteiger partial charge in [-0.15, -0.1) is 0 Å². The molecule has 2 unspecified atom stereocenters. The minimum absolute atomic E-state index is 0.0220. The van der Waals surface area contributed by atoms with Gasteiger partial charge >= 0.3 is 5.97 Å². The van der Waals surface area contributed by atoms with Gasteiger partial charge in [-0.05, 0) is 18.8 Å². The Balaban J connectivity index is 2.02. The summed E-state index contributed by atoms with van der Waals surface area (Å²) in [4.78, 5) is 24.3. The van der Waals surface area contributed by atoms with E-state index in [1.165, 1.54) is 0 Å². The van der Waals surface area contributed by atoms with Crippen LogP contribution in [0.4, 0.5) is 0 Å². The summed E-state index contributed by atoms with van der Waals surface area (Å²) >= 11 is 0. The number of likely N-dealkylation sites (tertiary alicyclic amines) is 1. The number of rotatable bonds is 2. The van der Waals surface area contributed by atoms with Crippen molar-refractivity contribution in [2.75, 3.05) is 13.1 Å². The number of carboxylic acids is 1. The van der Waals surface area contributed by atoms with Crippen molar-refractivity contribution in [3.05, 3.63) is 0 Å². The highest BCUT2D eigenvalue weighted by Gasteiger charge is 2.50. The summed E-state index contributed by atoms with van der Waals surface area (Å²) in [6.07, 6.45) is 1.46. The molecule has 1 saturated heterocycles. The van der Waals surface area contributed by atoms with Gasteiger partial charge in [0.15, 0.2) is 0 Å². The maximum absolute atomic E-state index is 11.9. The van der Waals surface area contributed by atoms with E-state index in [2.05, 4.69) is 0 Å². The molecule has 3 N–H and O–H groups in total. The molecule has 1 amide bonds. The molecule has 0 aromatic carbocycles. The zero-order chi connectivity index (χ0) is 11.2. The molecule has 15 heavy (non-hydrogen) atoms. The van der Waals surface area contributed by atoms with Crippen LogP contribution < -0.4 is 5.73 Å². The van der Waals surface area contributed by atoms with Crippen LogP contribution in [-0.2, 0) is 9.59 Å². The van der Waals surface area contributed by atoms with Crippen LogP contribution in [0.3, 0.4) is 0 Å². The second-order valence-electron chi connectivity index (χ2n) is 4.79. The van der Waals surface area contributed by atoms with Gasteiger partial charge in [0.1, 0.15) is 0 Å². The van der Waals surface area contributed by atoms with Gasteiger partial charge in [-0.2, -0.15) is 0 Å². The van der Waals surface area contributed by atoms with Gasteiger partial charge < -0.3 is 15.7 Å². The van der Waals surface area contributed by atoms with Crippen LogP contribution in [0.2, 0.25) is 0 Å². The lowest BCUT2D eigenvalue weighted by Gasteiger charge is -2.19. The van der Waals surface area contributed by atoms with E-state index in [1.54, 1.807) is 4.90 Å². The highest BCUT2D eigenvalue weighted by atomic mass is 16.4. The third-order valence-electron chi connectivity index (χ3n) is 3.43. The first-order chi connectivity index (χ1) is 6.94. The molecule has 0 aromatic heterocycles. The number of hydrogen-bond acceptors (Lipinski definition) is 3. The molecule has 2 aliphatic rings. The van der Waals surface area contributed by atoms with Gasteiger partial charge in [0.2, 0.25) is 5.91 Å². The Hall–Kier alpha value is -1.10. The number of carboxylic acid groups (broad SMARTS) is 1. The quantitative estimate of drug-likeness (QED) is 0.655. The molecule has 2 fully saturated rings. The van der Waals surface area contributed by atoms with E-state index in [4.69, 9.17) is 10.8 Å². The molecule has 5 nitrogen and oxygen atoms in total. The van der Waals surface area contributed by atoms with Crippen LogP contribution >= 0.6 is 0 Å². The summed E-state index contributed by atoms with van der Waals surface area (Å²) in [6, 6.07) is 0. The Labute approximate surface area is 88.2 Å². The number of hydrogen-bond donors (Lipinski definition) is 2. The fourth-order valence-electron chi connectivity index (χ4n) is 2.12. The molecule has 1 aliphatic carbocycles. The number of amides is 1. The summed E-state index contributed by atoms with van der Waals surface area (Å²) in [7, 11) is 0. The highest BCUT2D eigenvalue weighted by molar-refractivity contribution is 5.90. The van der Waals surface area contributed by atoms with Gasteiger partial charge in [-0.1, -0.05) is 6.92 Å². The lowest BCUT2D eigenvalue weighted by Crippen LogP contribution is -2.44. The smallest absolute Gasteiger partial charge is 0.308 e. The summed E-state index contributed by atoms with van der Waals surface area (Å²) in [5.41, 5.74) is 5.12. The molecule has 0 bridgehead atoms. The Morgan fingerprint density at radius 2 is 2.00 bits per heavy atom. The molecule has 0 spiro atoms. The molecule has 2 atom stereocenters. The predicted molar refractivity (Wildman–Crippen MR) is 53.0 cm³/mol. The topological polar surface area (TPSA) is 83.6 Å². The number of nitrogens with zero attached hydrogens (tertiary/aromatic N) is 1. The van der Waals surface area contributed by atoms with Crippen molar-refractivity contribution >= 4 is 11.9 Å². The van der Waals surface area contributed by atoms with Gasteiger partial charge in [0.05, 0.1) is 11.5 Å². The van der Waals surface area contributed by atoms with E-state index >= 15 is 0 Å². The number of carbonyl (C=O) groups is 2. The van der Waals surface area contributed by atoms with E-state index in [-0.39, 0.29) is 11.8 Å². The minimum Gasteiger partial charge on any atom is -0.481 e. The third-order valence-corrected chi connectivity index (χ3v) is 3.43. The summed E-state index contributed by atoms with van der Waals surface area (Å²) < 4.78 is 0. The lowest BCUT2D eigenvalue weighted by molar-refractivity contribution is -0.142. The molecule has 1 aliphatic heterocycles. The van der Waals surface area contributed by atoms with Crippen molar-refractivity contribution in [2.45, 2.75) is 25.3 Å². The molecule has 1 saturated carbocycles. The van der Waals surface area contributed by atoms with Crippen molar-refractivity contribution in [2.24, 2.45) is 17.6 Å². The zero-order valence-electron chi connectivity index (χ0n) is 8.77. The number of carbonyl (C=O) groups excluding carboxylic acids is 1. The monoisotopic (exact) mass is 212 g/mol. The Kier molecular flexibility index (Phi) is 2.22. The second-order valence-corrected chi connectivity index (χ2v) is 4.79. The first-order valence-corrected chi connectivity index (χ1v) is 5.25. The van der Waals surface area contributed by atoms with Crippen LogP contribution in [0, 0.1) is 11.8 Å². The summed E-state index contributed by atoms with van der Waals surface area (Å²) in [6.45, 7) is 2.70. The molecule has 2 rings (SSSR count). The van der Waals surface area contributed by atoms with Gasteiger partial charge in [-0.25, -0.2) is 0 Å². The molecule has 0 aromatic rings. The van der Waals surface area contributed by atoms with E-state index in [0.717, 1.165) is 12.8 Å². The standard InChI is InChI=1S/C10H16N2O3/c1-6-4-12(5-7(6)8(13)14)9(15)10(11)2-3-10/h6-7H,2-5,11H2,1H3,(H,13,14).